The molecule has 0 aliphatic carbocycles. The first kappa shape index (κ1) is 18.5. The van der Waals surface area contributed by atoms with Gasteiger partial charge in [-0.1, -0.05) is 30.3 Å². The van der Waals surface area contributed by atoms with E-state index in [0.29, 0.717) is 12.1 Å². The van der Waals surface area contributed by atoms with Crippen molar-refractivity contribution in [2.45, 2.75) is 51.2 Å². The SMILES string of the molecule is Cc1cc2nc3c(c(=O)n2[nH]1)CC1CCC(C3)N1Cc1ccc(-c2ccccn2)cc1. The van der Waals surface area contributed by atoms with Crippen LogP contribution in [0.2, 0.25) is 0 Å². The molecule has 1 saturated heterocycles. The first-order chi connectivity index (χ1) is 15.2. The van der Waals surface area contributed by atoms with E-state index in [-0.39, 0.29) is 5.56 Å². The monoisotopic (exact) mass is 411 g/mol. The Bertz CT molecular complexity index is 1310. The summed E-state index contributed by atoms with van der Waals surface area (Å²) in [7, 11) is 0. The van der Waals surface area contributed by atoms with E-state index in [2.05, 4.69) is 39.2 Å². The number of nitrogens with one attached hydrogen (secondary N) is 1. The van der Waals surface area contributed by atoms with Crippen molar-refractivity contribution in [3.8, 4) is 11.3 Å². The van der Waals surface area contributed by atoms with Gasteiger partial charge in [0.05, 0.1) is 11.4 Å². The molecule has 5 heterocycles. The molecule has 2 bridgehead atoms. The predicted octanol–water partition coefficient (Wildman–Crippen LogP) is 3.52. The van der Waals surface area contributed by atoms with E-state index in [9.17, 15) is 4.79 Å². The van der Waals surface area contributed by atoms with E-state index in [4.69, 9.17) is 4.98 Å². The van der Waals surface area contributed by atoms with Gasteiger partial charge in [0.15, 0.2) is 5.65 Å². The summed E-state index contributed by atoms with van der Waals surface area (Å²) in [6, 6.07) is 17.5. The molecular formula is C25H25N5O. The molecule has 31 heavy (non-hydrogen) atoms. The summed E-state index contributed by atoms with van der Waals surface area (Å²) < 4.78 is 1.61. The maximum absolute atomic E-state index is 13.1. The topological polar surface area (TPSA) is 66.3 Å². The highest BCUT2D eigenvalue weighted by molar-refractivity contribution is 5.59. The van der Waals surface area contributed by atoms with Crippen LogP contribution in [0.4, 0.5) is 0 Å². The van der Waals surface area contributed by atoms with E-state index >= 15 is 0 Å². The van der Waals surface area contributed by atoms with Crippen molar-refractivity contribution in [3.63, 3.8) is 0 Å². The maximum Gasteiger partial charge on any atom is 0.276 e. The van der Waals surface area contributed by atoms with Crippen LogP contribution in [0.1, 0.15) is 35.4 Å². The average Bonchev–Trinajstić information content (AvgIpc) is 3.29. The highest BCUT2D eigenvalue weighted by Crippen LogP contribution is 2.34. The summed E-state index contributed by atoms with van der Waals surface area (Å²) in [5, 5.41) is 3.13. The Balaban J connectivity index is 1.28. The Hall–Kier alpha value is -3.25. The second-order valence-corrected chi connectivity index (χ2v) is 8.85. The summed E-state index contributed by atoms with van der Waals surface area (Å²) in [6.07, 6.45) is 5.78. The molecule has 2 aliphatic rings. The molecule has 2 atom stereocenters. The van der Waals surface area contributed by atoms with Crippen LogP contribution in [-0.2, 0) is 19.4 Å². The lowest BCUT2D eigenvalue weighted by molar-refractivity contribution is 0.187. The Labute approximate surface area is 180 Å². The molecule has 2 unspecified atom stereocenters. The number of benzene rings is 1. The fourth-order valence-corrected chi connectivity index (χ4v) is 5.29. The van der Waals surface area contributed by atoms with Gasteiger partial charge in [0.1, 0.15) is 0 Å². The van der Waals surface area contributed by atoms with Gasteiger partial charge in [-0.05, 0) is 43.9 Å². The molecule has 0 saturated carbocycles. The van der Waals surface area contributed by atoms with Crippen LogP contribution in [0.5, 0.6) is 0 Å². The standard InChI is InChI=1S/C25H25N5O/c1-16-12-24-27-23-14-20-10-9-19(13-21(23)25(31)30(24)28-16)29(20)15-17-5-7-18(8-6-17)22-4-2-3-11-26-22/h2-8,11-12,19-20,28H,9-10,13-15H2,1H3. The minimum atomic E-state index is 0.0697. The third kappa shape index (κ3) is 3.18. The van der Waals surface area contributed by atoms with Gasteiger partial charge in [-0.2, -0.15) is 0 Å². The van der Waals surface area contributed by atoms with E-state index in [1.807, 2.05) is 37.4 Å². The number of fused-ring (bicyclic) bond motifs is 4. The lowest BCUT2D eigenvalue weighted by atomic mass is 9.98. The van der Waals surface area contributed by atoms with Crippen LogP contribution >= 0.6 is 0 Å². The minimum absolute atomic E-state index is 0.0697. The number of hydrogen-bond acceptors (Lipinski definition) is 4. The zero-order valence-corrected chi connectivity index (χ0v) is 17.6. The van der Waals surface area contributed by atoms with Crippen molar-refractivity contribution in [3.05, 3.63) is 87.6 Å². The largest absolute Gasteiger partial charge is 0.294 e. The number of rotatable bonds is 3. The summed E-state index contributed by atoms with van der Waals surface area (Å²) in [6.45, 7) is 2.87. The molecule has 0 amide bonds. The third-order valence-corrected chi connectivity index (χ3v) is 6.84. The summed E-state index contributed by atoms with van der Waals surface area (Å²) >= 11 is 0. The van der Waals surface area contributed by atoms with Crippen LogP contribution < -0.4 is 5.56 Å². The quantitative estimate of drug-likeness (QED) is 0.560. The lowest BCUT2D eigenvalue weighted by Gasteiger charge is -2.28. The van der Waals surface area contributed by atoms with E-state index in [0.717, 1.165) is 59.7 Å². The number of aromatic nitrogens is 4. The van der Waals surface area contributed by atoms with Crippen molar-refractivity contribution in [2.24, 2.45) is 0 Å². The van der Waals surface area contributed by atoms with Crippen molar-refractivity contribution in [2.75, 3.05) is 0 Å². The van der Waals surface area contributed by atoms with Gasteiger partial charge in [-0.15, -0.1) is 0 Å². The van der Waals surface area contributed by atoms with Gasteiger partial charge in [0.2, 0.25) is 0 Å². The summed E-state index contributed by atoms with van der Waals surface area (Å²) in [5.41, 5.74) is 7.08. The minimum Gasteiger partial charge on any atom is -0.294 e. The molecule has 1 aromatic carbocycles. The van der Waals surface area contributed by atoms with E-state index < -0.39 is 0 Å². The van der Waals surface area contributed by atoms with Crippen LogP contribution in [0.15, 0.2) is 59.5 Å². The third-order valence-electron chi connectivity index (χ3n) is 6.84. The second kappa shape index (κ2) is 7.17. The molecule has 4 aromatic rings. The number of aromatic amines is 1. The molecule has 6 nitrogen and oxygen atoms in total. The molecule has 0 spiro atoms. The smallest absolute Gasteiger partial charge is 0.276 e. The zero-order chi connectivity index (χ0) is 20.9. The molecule has 1 fully saturated rings. The normalized spacial score (nSPS) is 20.7. The Morgan fingerprint density at radius 2 is 1.87 bits per heavy atom. The van der Waals surface area contributed by atoms with Gasteiger partial charge in [0.25, 0.3) is 5.56 Å². The molecule has 0 radical (unpaired) electrons. The van der Waals surface area contributed by atoms with Gasteiger partial charge in [0, 0.05) is 54.1 Å². The molecule has 6 rings (SSSR count). The summed E-state index contributed by atoms with van der Waals surface area (Å²) in [4.78, 5) is 25.0. The van der Waals surface area contributed by atoms with Crippen LogP contribution in [0.3, 0.4) is 0 Å². The van der Waals surface area contributed by atoms with Crippen molar-refractivity contribution < 1.29 is 0 Å². The van der Waals surface area contributed by atoms with Gasteiger partial charge in [-0.25, -0.2) is 9.50 Å². The van der Waals surface area contributed by atoms with Crippen LogP contribution in [0.25, 0.3) is 16.9 Å². The summed E-state index contributed by atoms with van der Waals surface area (Å²) in [5.74, 6) is 0. The Morgan fingerprint density at radius 3 is 2.65 bits per heavy atom. The zero-order valence-electron chi connectivity index (χ0n) is 17.6. The molecule has 6 heteroatoms. The lowest BCUT2D eigenvalue weighted by Crippen LogP contribution is -2.36. The second-order valence-electron chi connectivity index (χ2n) is 8.85. The van der Waals surface area contributed by atoms with Crippen molar-refractivity contribution >= 4 is 5.65 Å². The molecule has 1 N–H and O–H groups in total. The van der Waals surface area contributed by atoms with Gasteiger partial charge < -0.3 is 0 Å². The fraction of sp³-hybridized carbons (Fsp3) is 0.320. The molecule has 3 aromatic heterocycles. The Kier molecular flexibility index (Phi) is 4.28. The average molecular weight is 412 g/mol. The van der Waals surface area contributed by atoms with E-state index in [1.165, 1.54) is 12.0 Å². The fourth-order valence-electron chi connectivity index (χ4n) is 5.29. The van der Waals surface area contributed by atoms with E-state index in [1.54, 1.807) is 4.52 Å². The maximum atomic E-state index is 13.1. The highest BCUT2D eigenvalue weighted by Gasteiger charge is 2.38. The number of H-pyrrole nitrogens is 1. The molecule has 156 valence electrons. The molecular weight excluding hydrogens is 386 g/mol. The van der Waals surface area contributed by atoms with Crippen molar-refractivity contribution in [1.29, 1.82) is 0 Å². The number of aryl methyl sites for hydroxylation is 1. The Morgan fingerprint density at radius 1 is 1.06 bits per heavy atom. The highest BCUT2D eigenvalue weighted by atomic mass is 16.1. The molecule has 2 aliphatic heterocycles. The number of nitrogens with zero attached hydrogens (tertiary/aromatic N) is 4. The van der Waals surface area contributed by atoms with Crippen molar-refractivity contribution in [1.82, 2.24) is 24.5 Å². The number of hydrogen-bond donors (Lipinski definition) is 1. The van der Waals surface area contributed by atoms with Gasteiger partial charge >= 0.3 is 0 Å². The van der Waals surface area contributed by atoms with Crippen LogP contribution in [-0.4, -0.2) is 36.6 Å². The number of pyridine rings is 1. The van der Waals surface area contributed by atoms with Crippen LogP contribution in [0, 0.1) is 6.92 Å². The predicted molar refractivity (Wildman–Crippen MR) is 120 cm³/mol. The van der Waals surface area contributed by atoms with Gasteiger partial charge in [-0.3, -0.25) is 19.8 Å². The first-order valence-electron chi connectivity index (χ1n) is 11.0. The first-order valence-corrected chi connectivity index (χ1v) is 11.0.